The second-order valence-corrected chi connectivity index (χ2v) is 2.59. The van der Waals surface area contributed by atoms with Crippen molar-refractivity contribution in [3.63, 3.8) is 0 Å². The lowest BCUT2D eigenvalue weighted by molar-refractivity contribution is 0.945. The van der Waals surface area contributed by atoms with E-state index in [1.165, 1.54) is 0 Å². The van der Waals surface area contributed by atoms with E-state index in [9.17, 15) is 0 Å². The first-order valence-electron chi connectivity index (χ1n) is 3.92. The monoisotopic (exact) mass is 175 g/mol. The highest BCUT2D eigenvalue weighted by molar-refractivity contribution is 5.52. The van der Waals surface area contributed by atoms with Gasteiger partial charge in [0.2, 0.25) is 0 Å². The average Bonchev–Trinajstić information content (AvgIpc) is 2.67. The highest BCUT2D eigenvalue weighted by atomic mass is 15.2. The summed E-state index contributed by atoms with van der Waals surface area (Å²) in [6.45, 7) is 0.452. The zero-order valence-electron chi connectivity index (χ0n) is 6.94. The maximum atomic E-state index is 5.43. The molecule has 0 bridgehead atoms. The zero-order chi connectivity index (χ0) is 9.10. The molecule has 0 spiro atoms. The van der Waals surface area contributed by atoms with Crippen molar-refractivity contribution in [2.24, 2.45) is 5.73 Å². The third-order valence-corrected chi connectivity index (χ3v) is 1.69. The van der Waals surface area contributed by atoms with Gasteiger partial charge in [-0.3, -0.25) is 5.10 Å². The molecule has 5 nitrogen and oxygen atoms in total. The Kier molecular flexibility index (Phi) is 2.01. The van der Waals surface area contributed by atoms with Crippen LogP contribution in [-0.4, -0.2) is 20.4 Å². The SMILES string of the molecule is NCc1cc(-c2cccnn2)n[nH]1. The minimum Gasteiger partial charge on any atom is -0.325 e. The molecule has 0 saturated carbocycles. The molecule has 5 heteroatoms. The Bertz CT molecular complexity index is 380. The number of rotatable bonds is 2. The average molecular weight is 175 g/mol. The molecule has 3 N–H and O–H groups in total. The standard InChI is InChI=1S/C8H9N5/c9-5-6-4-8(13-11-6)7-2-1-3-10-12-7/h1-4H,5,9H2,(H,11,13). The van der Waals surface area contributed by atoms with Gasteiger partial charge in [-0.25, -0.2) is 0 Å². The summed E-state index contributed by atoms with van der Waals surface area (Å²) < 4.78 is 0. The minimum atomic E-state index is 0.452. The summed E-state index contributed by atoms with van der Waals surface area (Å²) in [7, 11) is 0. The molecule has 2 heterocycles. The van der Waals surface area contributed by atoms with Gasteiger partial charge in [0.25, 0.3) is 0 Å². The van der Waals surface area contributed by atoms with E-state index in [4.69, 9.17) is 5.73 Å². The van der Waals surface area contributed by atoms with E-state index >= 15 is 0 Å². The number of nitrogens with one attached hydrogen (secondary N) is 1. The number of H-pyrrole nitrogens is 1. The fraction of sp³-hybridized carbons (Fsp3) is 0.125. The Balaban J connectivity index is 2.36. The molecule has 2 rings (SSSR count). The van der Waals surface area contributed by atoms with Crippen LogP contribution in [0.1, 0.15) is 5.69 Å². The summed E-state index contributed by atoms with van der Waals surface area (Å²) >= 11 is 0. The third kappa shape index (κ3) is 1.54. The molecule has 0 fully saturated rings. The molecule has 0 radical (unpaired) electrons. The van der Waals surface area contributed by atoms with Crippen LogP contribution in [0.4, 0.5) is 0 Å². The van der Waals surface area contributed by atoms with Gasteiger partial charge in [0.05, 0.1) is 0 Å². The predicted octanol–water partition coefficient (Wildman–Crippen LogP) is 0.325. The summed E-state index contributed by atoms with van der Waals surface area (Å²) in [5.74, 6) is 0. The number of hydrogen-bond acceptors (Lipinski definition) is 4. The molecule has 0 aliphatic rings. The molecule has 0 aliphatic carbocycles. The van der Waals surface area contributed by atoms with Crippen LogP contribution in [0.25, 0.3) is 11.4 Å². The van der Waals surface area contributed by atoms with Crippen LogP contribution in [0.2, 0.25) is 0 Å². The van der Waals surface area contributed by atoms with Gasteiger partial charge in [-0.2, -0.15) is 10.2 Å². The molecule has 0 atom stereocenters. The molecule has 2 aromatic rings. The van der Waals surface area contributed by atoms with Crippen LogP contribution in [0.3, 0.4) is 0 Å². The van der Waals surface area contributed by atoms with Gasteiger partial charge in [-0.05, 0) is 18.2 Å². The molecule has 66 valence electrons. The first-order valence-corrected chi connectivity index (χ1v) is 3.92. The first-order chi connectivity index (χ1) is 6.40. The summed E-state index contributed by atoms with van der Waals surface area (Å²) in [6, 6.07) is 5.53. The Labute approximate surface area is 75.0 Å². The number of aromatic amines is 1. The lowest BCUT2D eigenvalue weighted by atomic mass is 10.3. The van der Waals surface area contributed by atoms with Crippen molar-refractivity contribution in [2.45, 2.75) is 6.54 Å². The normalized spacial score (nSPS) is 10.2. The van der Waals surface area contributed by atoms with Gasteiger partial charge in [0, 0.05) is 18.4 Å². The third-order valence-electron chi connectivity index (χ3n) is 1.69. The van der Waals surface area contributed by atoms with Crippen molar-refractivity contribution >= 4 is 0 Å². The highest BCUT2D eigenvalue weighted by Crippen LogP contribution is 2.12. The van der Waals surface area contributed by atoms with Gasteiger partial charge in [0.1, 0.15) is 11.4 Å². The van der Waals surface area contributed by atoms with Crippen LogP contribution >= 0.6 is 0 Å². The number of nitrogens with two attached hydrogens (primary N) is 1. The van der Waals surface area contributed by atoms with Crippen molar-refractivity contribution in [3.05, 3.63) is 30.1 Å². The summed E-state index contributed by atoms with van der Waals surface area (Å²) in [6.07, 6.45) is 1.62. The van der Waals surface area contributed by atoms with Crippen LogP contribution in [0.15, 0.2) is 24.4 Å². The van der Waals surface area contributed by atoms with Crippen LogP contribution < -0.4 is 5.73 Å². The van der Waals surface area contributed by atoms with Crippen molar-refractivity contribution in [3.8, 4) is 11.4 Å². The lowest BCUT2D eigenvalue weighted by Gasteiger charge is -1.89. The van der Waals surface area contributed by atoms with Gasteiger partial charge in [0.15, 0.2) is 0 Å². The Morgan fingerprint density at radius 3 is 2.92 bits per heavy atom. The fourth-order valence-electron chi connectivity index (χ4n) is 1.04. The summed E-state index contributed by atoms with van der Waals surface area (Å²) in [4.78, 5) is 0. The van der Waals surface area contributed by atoms with Gasteiger partial charge < -0.3 is 5.73 Å². The van der Waals surface area contributed by atoms with E-state index in [-0.39, 0.29) is 0 Å². The molecule has 0 saturated heterocycles. The number of hydrogen-bond donors (Lipinski definition) is 2. The van der Waals surface area contributed by atoms with Crippen LogP contribution in [0.5, 0.6) is 0 Å². The van der Waals surface area contributed by atoms with Gasteiger partial charge in [-0.15, -0.1) is 5.10 Å². The smallest absolute Gasteiger partial charge is 0.113 e. The van der Waals surface area contributed by atoms with Crippen molar-refractivity contribution < 1.29 is 0 Å². The maximum absolute atomic E-state index is 5.43. The highest BCUT2D eigenvalue weighted by Gasteiger charge is 2.02. The first kappa shape index (κ1) is 7.88. The lowest BCUT2D eigenvalue weighted by Crippen LogP contribution is -1.95. The molecule has 0 amide bonds. The Morgan fingerprint density at radius 2 is 2.31 bits per heavy atom. The van der Waals surface area contributed by atoms with E-state index in [2.05, 4.69) is 20.4 Å². The molecular formula is C8H9N5. The maximum Gasteiger partial charge on any atom is 0.113 e. The second kappa shape index (κ2) is 3.32. The van der Waals surface area contributed by atoms with Crippen LogP contribution in [-0.2, 0) is 6.54 Å². The molecule has 0 aliphatic heterocycles. The summed E-state index contributed by atoms with van der Waals surface area (Å²) in [5.41, 5.74) is 7.84. The van der Waals surface area contributed by atoms with Gasteiger partial charge >= 0.3 is 0 Å². The molecule has 0 aromatic carbocycles. The topological polar surface area (TPSA) is 80.5 Å². The van der Waals surface area contributed by atoms with Crippen LogP contribution in [0, 0.1) is 0 Å². The summed E-state index contributed by atoms with van der Waals surface area (Å²) in [5, 5.41) is 14.5. The van der Waals surface area contributed by atoms with Crippen molar-refractivity contribution in [1.82, 2.24) is 20.4 Å². The largest absolute Gasteiger partial charge is 0.325 e. The van der Waals surface area contributed by atoms with Crippen molar-refractivity contribution in [1.29, 1.82) is 0 Å². The van der Waals surface area contributed by atoms with E-state index in [1.54, 1.807) is 6.20 Å². The van der Waals surface area contributed by atoms with Gasteiger partial charge in [-0.1, -0.05) is 0 Å². The van der Waals surface area contributed by atoms with Crippen molar-refractivity contribution in [2.75, 3.05) is 0 Å². The number of aromatic nitrogens is 4. The van der Waals surface area contributed by atoms with E-state index < -0.39 is 0 Å². The minimum absolute atomic E-state index is 0.452. The Hall–Kier alpha value is -1.75. The molecule has 13 heavy (non-hydrogen) atoms. The second-order valence-electron chi connectivity index (χ2n) is 2.59. The Morgan fingerprint density at radius 1 is 1.38 bits per heavy atom. The molecule has 2 aromatic heterocycles. The quantitative estimate of drug-likeness (QED) is 0.689. The van der Waals surface area contributed by atoms with E-state index in [1.807, 2.05) is 18.2 Å². The predicted molar refractivity (Wildman–Crippen MR) is 47.5 cm³/mol. The molecule has 0 unspecified atom stereocenters. The van der Waals surface area contributed by atoms with E-state index in [0.29, 0.717) is 6.54 Å². The zero-order valence-corrected chi connectivity index (χ0v) is 6.94. The fourth-order valence-corrected chi connectivity index (χ4v) is 1.04. The number of nitrogens with zero attached hydrogens (tertiary/aromatic N) is 3. The molecular weight excluding hydrogens is 166 g/mol. The van der Waals surface area contributed by atoms with E-state index in [0.717, 1.165) is 17.1 Å².